The number of hydrogen-bond donors (Lipinski definition) is 1. The van der Waals surface area contributed by atoms with Gasteiger partial charge >= 0.3 is 0 Å². The molecule has 1 amide bonds. The summed E-state index contributed by atoms with van der Waals surface area (Å²) in [7, 11) is 0. The molecule has 1 atom stereocenters. The standard InChI is InChI=1S/C14H22N2O2S.ClH/c1-2-19-13-5-3-4-6-16(9-13)14(17)11-7-12(8-15)18-10-11;/h7,10,13H,2-6,8-9,15H2,1H3;1H. The first-order valence-corrected chi connectivity index (χ1v) is 7.97. The molecule has 0 spiro atoms. The van der Waals surface area contributed by atoms with Crippen LogP contribution in [0.5, 0.6) is 0 Å². The highest BCUT2D eigenvalue weighted by atomic mass is 35.5. The molecule has 6 heteroatoms. The predicted octanol–water partition coefficient (Wildman–Crippen LogP) is 2.91. The minimum absolute atomic E-state index is 0. The fourth-order valence-corrected chi connectivity index (χ4v) is 3.53. The number of nitrogens with two attached hydrogens (primary N) is 1. The smallest absolute Gasteiger partial charge is 0.257 e. The van der Waals surface area contributed by atoms with Crippen molar-refractivity contribution in [3.05, 3.63) is 23.7 Å². The molecular weight excluding hydrogens is 296 g/mol. The number of rotatable bonds is 4. The van der Waals surface area contributed by atoms with Crippen LogP contribution in [-0.2, 0) is 6.54 Å². The lowest BCUT2D eigenvalue weighted by atomic mass is 10.2. The van der Waals surface area contributed by atoms with Gasteiger partial charge in [0.05, 0.1) is 12.1 Å². The zero-order valence-electron chi connectivity index (χ0n) is 11.8. The molecule has 0 aromatic carbocycles. The van der Waals surface area contributed by atoms with E-state index in [1.165, 1.54) is 19.1 Å². The van der Waals surface area contributed by atoms with Gasteiger partial charge in [-0.25, -0.2) is 0 Å². The van der Waals surface area contributed by atoms with Crippen molar-refractivity contribution in [2.24, 2.45) is 5.73 Å². The summed E-state index contributed by atoms with van der Waals surface area (Å²) in [5.41, 5.74) is 6.13. The summed E-state index contributed by atoms with van der Waals surface area (Å²) in [6.45, 7) is 4.20. The highest BCUT2D eigenvalue weighted by Gasteiger charge is 2.23. The first-order chi connectivity index (χ1) is 9.24. The van der Waals surface area contributed by atoms with Gasteiger partial charge in [-0.1, -0.05) is 13.3 Å². The Hall–Kier alpha value is -0.650. The summed E-state index contributed by atoms with van der Waals surface area (Å²) >= 11 is 1.95. The molecule has 2 N–H and O–H groups in total. The van der Waals surface area contributed by atoms with E-state index in [0.29, 0.717) is 23.1 Å². The molecule has 2 rings (SSSR count). The van der Waals surface area contributed by atoms with Crippen molar-refractivity contribution in [2.45, 2.75) is 38.0 Å². The molecule has 2 heterocycles. The lowest BCUT2D eigenvalue weighted by Crippen LogP contribution is -2.35. The Bertz CT molecular complexity index is 425. The number of carbonyl (C=O) groups is 1. The molecule has 0 aliphatic carbocycles. The molecule has 1 aliphatic heterocycles. The summed E-state index contributed by atoms with van der Waals surface area (Å²) in [6.07, 6.45) is 5.04. The van der Waals surface area contributed by atoms with Crippen molar-refractivity contribution < 1.29 is 9.21 Å². The number of likely N-dealkylation sites (tertiary alicyclic amines) is 1. The van der Waals surface area contributed by atoms with E-state index in [1.807, 2.05) is 16.7 Å². The quantitative estimate of drug-likeness (QED) is 0.927. The number of furan rings is 1. The second-order valence-corrected chi connectivity index (χ2v) is 6.41. The summed E-state index contributed by atoms with van der Waals surface area (Å²) in [4.78, 5) is 14.4. The highest BCUT2D eigenvalue weighted by Crippen LogP contribution is 2.23. The molecule has 0 bridgehead atoms. The molecule has 0 saturated carbocycles. The maximum atomic E-state index is 12.4. The van der Waals surface area contributed by atoms with E-state index in [2.05, 4.69) is 6.92 Å². The van der Waals surface area contributed by atoms with E-state index >= 15 is 0 Å². The van der Waals surface area contributed by atoms with Crippen LogP contribution >= 0.6 is 24.2 Å². The fraction of sp³-hybridized carbons (Fsp3) is 0.643. The van der Waals surface area contributed by atoms with Crippen molar-refractivity contribution in [3.63, 3.8) is 0 Å². The largest absolute Gasteiger partial charge is 0.467 e. The third-order valence-electron chi connectivity index (χ3n) is 3.42. The van der Waals surface area contributed by atoms with Crippen LogP contribution in [0.3, 0.4) is 0 Å². The van der Waals surface area contributed by atoms with Gasteiger partial charge in [0.1, 0.15) is 12.0 Å². The van der Waals surface area contributed by atoms with Crippen molar-refractivity contribution in [2.75, 3.05) is 18.8 Å². The number of halogens is 1. The third-order valence-corrected chi connectivity index (χ3v) is 4.61. The first kappa shape index (κ1) is 17.4. The van der Waals surface area contributed by atoms with Gasteiger partial charge in [0.25, 0.3) is 5.91 Å². The van der Waals surface area contributed by atoms with E-state index in [1.54, 1.807) is 6.07 Å². The number of nitrogens with zero attached hydrogens (tertiary/aromatic N) is 1. The third kappa shape index (κ3) is 4.43. The average molecular weight is 319 g/mol. The van der Waals surface area contributed by atoms with E-state index < -0.39 is 0 Å². The average Bonchev–Trinajstić information content (AvgIpc) is 2.78. The Morgan fingerprint density at radius 1 is 1.55 bits per heavy atom. The molecule has 1 aromatic heterocycles. The second-order valence-electron chi connectivity index (χ2n) is 4.83. The van der Waals surface area contributed by atoms with Gasteiger partial charge in [-0.05, 0) is 24.7 Å². The van der Waals surface area contributed by atoms with Crippen molar-refractivity contribution in [1.82, 2.24) is 4.90 Å². The Morgan fingerprint density at radius 3 is 3.00 bits per heavy atom. The fourth-order valence-electron chi connectivity index (χ4n) is 2.44. The van der Waals surface area contributed by atoms with E-state index in [-0.39, 0.29) is 18.3 Å². The van der Waals surface area contributed by atoms with Crippen LogP contribution in [0.25, 0.3) is 0 Å². The normalized spacial score (nSPS) is 19.3. The molecule has 1 saturated heterocycles. The van der Waals surface area contributed by atoms with Gasteiger partial charge < -0.3 is 15.1 Å². The maximum absolute atomic E-state index is 12.4. The summed E-state index contributed by atoms with van der Waals surface area (Å²) in [5, 5.41) is 0.567. The van der Waals surface area contributed by atoms with Gasteiger partial charge in [-0.15, -0.1) is 12.4 Å². The van der Waals surface area contributed by atoms with Gasteiger partial charge in [-0.2, -0.15) is 11.8 Å². The second kappa shape index (κ2) is 8.60. The van der Waals surface area contributed by atoms with E-state index in [9.17, 15) is 4.79 Å². The Morgan fingerprint density at radius 2 is 2.35 bits per heavy atom. The number of carbonyl (C=O) groups excluding carboxylic acids is 1. The van der Waals surface area contributed by atoms with E-state index in [4.69, 9.17) is 10.2 Å². The maximum Gasteiger partial charge on any atom is 0.257 e. The summed E-state index contributed by atoms with van der Waals surface area (Å²) < 4.78 is 5.25. The van der Waals surface area contributed by atoms with Crippen molar-refractivity contribution >= 4 is 30.1 Å². The van der Waals surface area contributed by atoms with Crippen LogP contribution in [0, 0.1) is 0 Å². The topological polar surface area (TPSA) is 59.5 Å². The van der Waals surface area contributed by atoms with Gasteiger partial charge in [0.15, 0.2) is 0 Å². The molecule has 114 valence electrons. The zero-order chi connectivity index (χ0) is 13.7. The van der Waals surface area contributed by atoms with Crippen LogP contribution in [0.4, 0.5) is 0 Å². The van der Waals surface area contributed by atoms with Crippen LogP contribution in [0.2, 0.25) is 0 Å². The molecule has 0 radical (unpaired) electrons. The van der Waals surface area contributed by atoms with Gasteiger partial charge in [-0.3, -0.25) is 4.79 Å². The molecule has 20 heavy (non-hydrogen) atoms. The molecular formula is C14H23ClN2O2S. The lowest BCUT2D eigenvalue weighted by molar-refractivity contribution is 0.0762. The zero-order valence-corrected chi connectivity index (χ0v) is 13.5. The monoisotopic (exact) mass is 318 g/mol. The Labute approximate surface area is 130 Å². The molecule has 1 aliphatic rings. The minimum Gasteiger partial charge on any atom is -0.467 e. The van der Waals surface area contributed by atoms with Gasteiger partial charge in [0, 0.05) is 18.3 Å². The van der Waals surface area contributed by atoms with Crippen molar-refractivity contribution in [1.29, 1.82) is 0 Å². The van der Waals surface area contributed by atoms with E-state index in [0.717, 1.165) is 25.3 Å². The molecule has 1 fully saturated rings. The molecule has 4 nitrogen and oxygen atoms in total. The summed E-state index contributed by atoms with van der Waals surface area (Å²) in [6, 6.07) is 1.76. The van der Waals surface area contributed by atoms with Crippen LogP contribution in [0.15, 0.2) is 16.7 Å². The van der Waals surface area contributed by atoms with Crippen molar-refractivity contribution in [3.8, 4) is 0 Å². The van der Waals surface area contributed by atoms with Gasteiger partial charge in [0.2, 0.25) is 0 Å². The predicted molar refractivity (Wildman–Crippen MR) is 85.5 cm³/mol. The number of hydrogen-bond acceptors (Lipinski definition) is 4. The number of amides is 1. The van der Waals surface area contributed by atoms with Crippen LogP contribution in [0.1, 0.15) is 42.3 Å². The number of thioether (sulfide) groups is 1. The first-order valence-electron chi connectivity index (χ1n) is 6.93. The van der Waals surface area contributed by atoms with Crippen LogP contribution in [-0.4, -0.2) is 34.9 Å². The highest BCUT2D eigenvalue weighted by molar-refractivity contribution is 7.99. The molecule has 1 aromatic rings. The lowest BCUT2D eigenvalue weighted by Gasteiger charge is -2.23. The summed E-state index contributed by atoms with van der Waals surface area (Å²) in [5.74, 6) is 1.85. The Balaban J connectivity index is 0.00000200. The Kier molecular flexibility index (Phi) is 7.48. The SMILES string of the molecule is CCSC1CCCCN(C(=O)c2coc(CN)c2)C1.Cl. The van der Waals surface area contributed by atoms with Crippen LogP contribution < -0.4 is 5.73 Å². The molecule has 1 unspecified atom stereocenters. The minimum atomic E-state index is 0.